The second kappa shape index (κ2) is 10.7. The molecule has 0 radical (unpaired) electrons. The molecule has 7 rings (SSSR count). The number of hydrogen-bond acceptors (Lipinski definition) is 3. The van der Waals surface area contributed by atoms with Gasteiger partial charge in [0.1, 0.15) is 12.4 Å². The van der Waals surface area contributed by atoms with Crippen LogP contribution in [0.25, 0.3) is 10.8 Å². The summed E-state index contributed by atoms with van der Waals surface area (Å²) in [7, 11) is 0. The molecule has 196 valence electrons. The van der Waals surface area contributed by atoms with Crippen molar-refractivity contribution >= 4 is 40.0 Å². The SMILES string of the molecule is Clc1ccc(OCc2cccc3ccccc23)c(C=Nc2ccc([C@@H]3Nc4ccccc4[C@H]4C=CC[C@H]43)cc2)c1. The van der Waals surface area contributed by atoms with Crippen molar-refractivity contribution in [3.05, 3.63) is 149 Å². The Morgan fingerprint density at radius 2 is 1.70 bits per heavy atom. The Morgan fingerprint density at radius 1 is 0.875 bits per heavy atom. The maximum atomic E-state index is 6.35. The predicted molar refractivity (Wildman–Crippen MR) is 166 cm³/mol. The number of para-hydroxylation sites is 1. The molecule has 0 amide bonds. The number of anilines is 1. The molecule has 3 atom stereocenters. The van der Waals surface area contributed by atoms with Crippen LogP contribution >= 0.6 is 11.6 Å². The molecule has 3 nitrogen and oxygen atoms in total. The molecule has 0 spiro atoms. The van der Waals surface area contributed by atoms with Crippen LogP contribution < -0.4 is 10.1 Å². The molecular formula is C36H29ClN2O. The van der Waals surface area contributed by atoms with E-state index in [-0.39, 0.29) is 6.04 Å². The summed E-state index contributed by atoms with van der Waals surface area (Å²) in [5, 5.41) is 6.86. The lowest BCUT2D eigenvalue weighted by Gasteiger charge is -2.37. The van der Waals surface area contributed by atoms with E-state index < -0.39 is 0 Å². The highest BCUT2D eigenvalue weighted by Crippen LogP contribution is 2.49. The molecule has 5 aromatic rings. The highest BCUT2D eigenvalue weighted by atomic mass is 35.5. The molecule has 2 aliphatic rings. The quantitative estimate of drug-likeness (QED) is 0.172. The number of benzene rings is 5. The number of aliphatic imine (C=N–C) groups is 1. The summed E-state index contributed by atoms with van der Waals surface area (Å²) in [5.41, 5.74) is 6.81. The number of hydrogen-bond donors (Lipinski definition) is 1. The summed E-state index contributed by atoms with van der Waals surface area (Å²) in [6.45, 7) is 0.465. The van der Waals surface area contributed by atoms with Gasteiger partial charge in [-0.3, -0.25) is 4.99 Å². The Kier molecular flexibility index (Phi) is 6.59. The average molecular weight is 541 g/mol. The van der Waals surface area contributed by atoms with Crippen molar-refractivity contribution < 1.29 is 4.74 Å². The van der Waals surface area contributed by atoms with Crippen LogP contribution in [0.2, 0.25) is 5.02 Å². The molecule has 0 unspecified atom stereocenters. The van der Waals surface area contributed by atoms with E-state index in [2.05, 4.69) is 108 Å². The monoisotopic (exact) mass is 540 g/mol. The van der Waals surface area contributed by atoms with Gasteiger partial charge in [-0.2, -0.15) is 0 Å². The van der Waals surface area contributed by atoms with Crippen LogP contribution in [0.5, 0.6) is 5.75 Å². The summed E-state index contributed by atoms with van der Waals surface area (Å²) in [6.07, 6.45) is 7.63. The molecule has 40 heavy (non-hydrogen) atoms. The smallest absolute Gasteiger partial charge is 0.128 e. The Hall–Kier alpha value is -4.34. The van der Waals surface area contributed by atoms with Crippen molar-refractivity contribution in [1.82, 2.24) is 0 Å². The molecule has 4 heteroatoms. The fraction of sp³-hybridized carbons (Fsp3) is 0.139. The van der Waals surface area contributed by atoms with Crippen molar-refractivity contribution in [3.8, 4) is 5.75 Å². The fourth-order valence-corrected chi connectivity index (χ4v) is 6.29. The number of rotatable bonds is 6. The van der Waals surface area contributed by atoms with Gasteiger partial charge in [-0.1, -0.05) is 96.5 Å². The minimum atomic E-state index is 0.273. The summed E-state index contributed by atoms with van der Waals surface area (Å²) in [5.74, 6) is 1.75. The van der Waals surface area contributed by atoms with E-state index >= 15 is 0 Å². The van der Waals surface area contributed by atoms with Crippen LogP contribution in [-0.4, -0.2) is 6.21 Å². The van der Waals surface area contributed by atoms with Gasteiger partial charge in [-0.25, -0.2) is 0 Å². The van der Waals surface area contributed by atoms with Crippen LogP contribution in [0.1, 0.15) is 40.6 Å². The maximum absolute atomic E-state index is 6.35. The Balaban J connectivity index is 1.09. The molecule has 0 saturated heterocycles. The Morgan fingerprint density at radius 3 is 2.62 bits per heavy atom. The summed E-state index contributed by atoms with van der Waals surface area (Å²) >= 11 is 6.35. The molecule has 5 aromatic carbocycles. The average Bonchev–Trinajstić information content (AvgIpc) is 3.50. The topological polar surface area (TPSA) is 33.6 Å². The standard InChI is InChI=1S/C36H29ClN2O/c37-28-17-20-35(40-23-26-9-5-8-24-7-1-2-10-30(24)26)27(21-28)22-38-29-18-15-25(16-19-29)36-33-13-6-12-31(33)32-11-3-4-14-34(32)39-36/h1-12,14-22,31,33,36,39H,13,23H2/t31-,33-,36+/m1/s1. The molecule has 0 fully saturated rings. The van der Waals surface area contributed by atoms with Crippen LogP contribution in [0.15, 0.2) is 126 Å². The first-order valence-corrected chi connectivity index (χ1v) is 14.2. The van der Waals surface area contributed by atoms with Gasteiger partial charge in [-0.05, 0) is 76.2 Å². The van der Waals surface area contributed by atoms with E-state index in [1.165, 1.54) is 27.6 Å². The third-order valence-electron chi connectivity index (χ3n) is 8.11. The number of fused-ring (bicyclic) bond motifs is 4. The normalized spacial score (nSPS) is 19.4. The van der Waals surface area contributed by atoms with E-state index in [9.17, 15) is 0 Å². The Labute approximate surface area is 239 Å². The minimum Gasteiger partial charge on any atom is -0.488 e. The number of halogens is 1. The third-order valence-corrected chi connectivity index (χ3v) is 8.35. The molecule has 1 aliphatic carbocycles. The molecule has 0 aromatic heterocycles. The number of allylic oxidation sites excluding steroid dienone is 2. The first kappa shape index (κ1) is 24.7. The zero-order valence-corrected chi connectivity index (χ0v) is 22.8. The first-order valence-electron chi connectivity index (χ1n) is 13.8. The van der Waals surface area contributed by atoms with Crippen LogP contribution in [-0.2, 0) is 6.61 Å². The van der Waals surface area contributed by atoms with E-state index in [0.717, 1.165) is 29.0 Å². The summed E-state index contributed by atoms with van der Waals surface area (Å²) in [4.78, 5) is 4.78. The number of ether oxygens (including phenoxy) is 1. The van der Waals surface area contributed by atoms with E-state index in [1.807, 2.05) is 24.4 Å². The zero-order valence-electron chi connectivity index (χ0n) is 22.0. The lowest BCUT2D eigenvalue weighted by Crippen LogP contribution is -2.28. The van der Waals surface area contributed by atoms with Gasteiger partial charge in [0.05, 0.1) is 11.7 Å². The maximum Gasteiger partial charge on any atom is 0.128 e. The molecule has 1 heterocycles. The zero-order chi connectivity index (χ0) is 26.9. The molecule has 1 N–H and O–H groups in total. The predicted octanol–water partition coefficient (Wildman–Crippen LogP) is 9.65. The Bertz CT molecular complexity index is 1740. The van der Waals surface area contributed by atoms with Gasteiger partial charge in [0.15, 0.2) is 0 Å². The number of nitrogens with zero attached hydrogens (tertiary/aromatic N) is 1. The second-order valence-electron chi connectivity index (χ2n) is 10.5. The lowest BCUT2D eigenvalue weighted by molar-refractivity contribution is 0.307. The largest absolute Gasteiger partial charge is 0.488 e. The molecule has 0 bridgehead atoms. The third kappa shape index (κ3) is 4.78. The van der Waals surface area contributed by atoms with Gasteiger partial charge in [0, 0.05) is 28.4 Å². The van der Waals surface area contributed by atoms with Gasteiger partial charge >= 0.3 is 0 Å². The fourth-order valence-electron chi connectivity index (χ4n) is 6.11. The summed E-state index contributed by atoms with van der Waals surface area (Å²) in [6, 6.07) is 37.9. The minimum absolute atomic E-state index is 0.273. The van der Waals surface area contributed by atoms with Crippen molar-refractivity contribution in [2.24, 2.45) is 10.9 Å². The highest BCUT2D eigenvalue weighted by molar-refractivity contribution is 6.30. The molecule has 1 aliphatic heterocycles. The van der Waals surface area contributed by atoms with E-state index in [4.69, 9.17) is 21.3 Å². The lowest BCUT2D eigenvalue weighted by atomic mass is 9.77. The first-order chi connectivity index (χ1) is 19.7. The van der Waals surface area contributed by atoms with Crippen LogP contribution in [0.4, 0.5) is 11.4 Å². The van der Waals surface area contributed by atoms with Gasteiger partial charge in [0.25, 0.3) is 0 Å². The van der Waals surface area contributed by atoms with Crippen molar-refractivity contribution in [2.75, 3.05) is 5.32 Å². The van der Waals surface area contributed by atoms with Crippen molar-refractivity contribution in [2.45, 2.75) is 25.0 Å². The van der Waals surface area contributed by atoms with Crippen molar-refractivity contribution in [1.29, 1.82) is 0 Å². The van der Waals surface area contributed by atoms with E-state index in [0.29, 0.717) is 23.5 Å². The van der Waals surface area contributed by atoms with E-state index in [1.54, 1.807) is 0 Å². The van der Waals surface area contributed by atoms with Crippen LogP contribution in [0, 0.1) is 5.92 Å². The van der Waals surface area contributed by atoms with Crippen molar-refractivity contribution in [3.63, 3.8) is 0 Å². The van der Waals surface area contributed by atoms with Gasteiger partial charge in [0.2, 0.25) is 0 Å². The second-order valence-corrected chi connectivity index (χ2v) is 11.0. The summed E-state index contributed by atoms with van der Waals surface area (Å²) < 4.78 is 6.28. The van der Waals surface area contributed by atoms with Crippen LogP contribution in [0.3, 0.4) is 0 Å². The molecule has 0 saturated carbocycles. The number of nitrogens with one attached hydrogen (secondary N) is 1. The highest BCUT2D eigenvalue weighted by Gasteiger charge is 2.37. The molecular weight excluding hydrogens is 512 g/mol. The van der Waals surface area contributed by atoms with Gasteiger partial charge < -0.3 is 10.1 Å². The van der Waals surface area contributed by atoms with Gasteiger partial charge in [-0.15, -0.1) is 0 Å².